The van der Waals surface area contributed by atoms with Gasteiger partial charge in [-0.25, -0.2) is 22.3 Å². The van der Waals surface area contributed by atoms with E-state index in [0.717, 1.165) is 60.3 Å². The van der Waals surface area contributed by atoms with Crippen LogP contribution < -0.4 is 10.1 Å². The zero-order valence-corrected chi connectivity index (χ0v) is 26.9. The highest BCUT2D eigenvalue weighted by molar-refractivity contribution is 9.10. The van der Waals surface area contributed by atoms with E-state index in [9.17, 15) is 23.1 Å². The van der Waals surface area contributed by atoms with Crippen molar-refractivity contribution < 1.29 is 32.6 Å². The van der Waals surface area contributed by atoms with E-state index < -0.39 is 22.0 Å². The van der Waals surface area contributed by atoms with Crippen molar-refractivity contribution in [2.24, 2.45) is 0 Å². The molecule has 0 bridgehead atoms. The SMILES string of the molecule is O=C(COc1c(C(=O)O)sc(-c2cccc(NC3CCN(S(=O)(=O)Cc4ccccc4)CC3)c2)c1Br)OC1CCCCC1. The minimum atomic E-state index is -3.39. The molecule has 0 spiro atoms. The van der Waals surface area contributed by atoms with Gasteiger partial charge in [-0.15, -0.1) is 11.3 Å². The van der Waals surface area contributed by atoms with Crippen molar-refractivity contribution >= 4 is 54.9 Å². The molecule has 0 radical (unpaired) electrons. The lowest BCUT2D eigenvalue weighted by molar-refractivity contribution is -0.152. The second-order valence-corrected chi connectivity index (χ2v) is 14.7. The van der Waals surface area contributed by atoms with E-state index in [1.165, 1.54) is 0 Å². The van der Waals surface area contributed by atoms with Crippen molar-refractivity contribution in [1.29, 1.82) is 0 Å². The number of carbonyl (C=O) groups excluding carboxylic acids is 1. The van der Waals surface area contributed by atoms with Gasteiger partial charge in [0.05, 0.1) is 15.1 Å². The Morgan fingerprint density at radius 1 is 1.00 bits per heavy atom. The van der Waals surface area contributed by atoms with Gasteiger partial charge in [-0.1, -0.05) is 48.9 Å². The number of carboxylic acid groups (broad SMARTS) is 1. The van der Waals surface area contributed by atoms with Crippen LogP contribution in [0.25, 0.3) is 10.4 Å². The fraction of sp³-hybridized carbons (Fsp3) is 0.419. The quantitative estimate of drug-likeness (QED) is 0.218. The van der Waals surface area contributed by atoms with E-state index in [4.69, 9.17) is 9.47 Å². The molecule has 12 heteroatoms. The predicted octanol–water partition coefficient (Wildman–Crippen LogP) is 6.54. The number of hydrogen-bond acceptors (Lipinski definition) is 8. The topological polar surface area (TPSA) is 122 Å². The molecular weight excluding hydrogens is 656 g/mol. The molecule has 1 aliphatic heterocycles. The average molecular weight is 692 g/mol. The van der Waals surface area contributed by atoms with Gasteiger partial charge < -0.3 is 19.9 Å². The number of nitrogens with one attached hydrogen (secondary N) is 1. The van der Waals surface area contributed by atoms with Gasteiger partial charge in [-0.05, 0) is 77.7 Å². The van der Waals surface area contributed by atoms with Gasteiger partial charge in [0.1, 0.15) is 6.10 Å². The molecule has 2 fully saturated rings. The maximum absolute atomic E-state index is 12.9. The van der Waals surface area contributed by atoms with Crippen molar-refractivity contribution in [3.8, 4) is 16.2 Å². The van der Waals surface area contributed by atoms with E-state index in [1.54, 1.807) is 4.31 Å². The van der Waals surface area contributed by atoms with Crippen LogP contribution in [0.4, 0.5) is 5.69 Å². The van der Waals surface area contributed by atoms with Crippen molar-refractivity contribution in [3.63, 3.8) is 0 Å². The summed E-state index contributed by atoms with van der Waals surface area (Å²) in [5.41, 5.74) is 2.41. The van der Waals surface area contributed by atoms with Gasteiger partial charge in [0.25, 0.3) is 0 Å². The number of halogens is 1. The summed E-state index contributed by atoms with van der Waals surface area (Å²) in [6, 6.07) is 16.9. The zero-order chi connectivity index (χ0) is 30.4. The second-order valence-electron chi connectivity index (χ2n) is 10.9. The van der Waals surface area contributed by atoms with E-state index >= 15 is 0 Å². The number of anilines is 1. The number of rotatable bonds is 11. The third-order valence-electron chi connectivity index (χ3n) is 7.72. The average Bonchev–Trinajstić information content (AvgIpc) is 3.33. The molecule has 1 aromatic heterocycles. The summed E-state index contributed by atoms with van der Waals surface area (Å²) in [7, 11) is -3.39. The number of hydrogen-bond donors (Lipinski definition) is 2. The molecule has 2 aliphatic rings. The summed E-state index contributed by atoms with van der Waals surface area (Å²) in [4.78, 5) is 25.1. The normalized spacial score (nSPS) is 17.0. The summed E-state index contributed by atoms with van der Waals surface area (Å²) < 4.78 is 39.1. The van der Waals surface area contributed by atoms with Crippen LogP contribution in [0, 0.1) is 0 Å². The van der Waals surface area contributed by atoms with Crippen LogP contribution in [0.3, 0.4) is 0 Å². The maximum atomic E-state index is 12.9. The number of sulfonamides is 1. The van der Waals surface area contributed by atoms with Gasteiger partial charge in [0.15, 0.2) is 17.2 Å². The van der Waals surface area contributed by atoms with Gasteiger partial charge in [-0.2, -0.15) is 0 Å². The summed E-state index contributed by atoms with van der Waals surface area (Å²) in [6.07, 6.45) is 6.12. The first kappa shape index (κ1) is 31.5. The van der Waals surface area contributed by atoms with Gasteiger partial charge in [0.2, 0.25) is 10.0 Å². The smallest absolute Gasteiger partial charge is 0.349 e. The van der Waals surface area contributed by atoms with Crippen molar-refractivity contribution in [2.75, 3.05) is 25.0 Å². The van der Waals surface area contributed by atoms with E-state index in [1.807, 2.05) is 54.6 Å². The number of piperidine rings is 1. The molecule has 230 valence electrons. The zero-order valence-electron chi connectivity index (χ0n) is 23.7. The third-order valence-corrected chi connectivity index (χ3v) is 11.8. The van der Waals surface area contributed by atoms with Crippen molar-refractivity contribution in [2.45, 2.75) is 62.8 Å². The molecule has 2 heterocycles. The molecule has 0 amide bonds. The number of thiophene rings is 1. The fourth-order valence-corrected chi connectivity index (χ4v) is 8.98. The number of carboxylic acids is 1. The van der Waals surface area contributed by atoms with Crippen LogP contribution in [-0.2, 0) is 25.3 Å². The highest BCUT2D eigenvalue weighted by atomic mass is 79.9. The number of aromatic carboxylic acids is 1. The lowest BCUT2D eigenvalue weighted by atomic mass is 9.98. The van der Waals surface area contributed by atoms with E-state index in [-0.39, 0.29) is 35.1 Å². The number of benzene rings is 2. The van der Waals surface area contributed by atoms with Gasteiger partial charge in [-0.3, -0.25) is 0 Å². The summed E-state index contributed by atoms with van der Waals surface area (Å²) in [6.45, 7) is 0.511. The first-order chi connectivity index (χ1) is 20.7. The Hall–Kier alpha value is -2.93. The molecule has 1 aliphatic carbocycles. The molecule has 1 saturated heterocycles. The predicted molar refractivity (Wildman–Crippen MR) is 170 cm³/mol. The summed E-state index contributed by atoms with van der Waals surface area (Å²) in [5.74, 6) is -1.55. The molecule has 2 N–H and O–H groups in total. The lowest BCUT2D eigenvalue weighted by Crippen LogP contribution is -2.42. The Balaban J connectivity index is 1.21. The molecule has 1 saturated carbocycles. The summed E-state index contributed by atoms with van der Waals surface area (Å²) in [5, 5.41) is 13.4. The number of carbonyl (C=O) groups is 2. The van der Waals surface area contributed by atoms with Crippen LogP contribution in [0.1, 0.15) is 60.2 Å². The van der Waals surface area contributed by atoms with Crippen LogP contribution in [0.15, 0.2) is 59.1 Å². The molecular formula is C31H35BrN2O7S2. The number of nitrogens with zero attached hydrogens (tertiary/aromatic N) is 1. The molecule has 0 unspecified atom stereocenters. The number of ether oxygens (including phenoxy) is 2. The Bertz CT molecular complexity index is 1530. The van der Waals surface area contributed by atoms with E-state index in [0.29, 0.717) is 35.3 Å². The minimum Gasteiger partial charge on any atom is -0.479 e. The molecule has 3 aromatic rings. The van der Waals surface area contributed by atoms with Gasteiger partial charge in [0, 0.05) is 24.8 Å². The van der Waals surface area contributed by atoms with Crippen LogP contribution in [0.2, 0.25) is 0 Å². The first-order valence-corrected chi connectivity index (χ1v) is 17.7. The fourth-order valence-electron chi connectivity index (χ4n) is 5.53. The Morgan fingerprint density at radius 2 is 1.72 bits per heavy atom. The Morgan fingerprint density at radius 3 is 2.42 bits per heavy atom. The van der Waals surface area contributed by atoms with Crippen LogP contribution in [-0.4, -0.2) is 61.6 Å². The standard InChI is InChI=1S/C31H35BrN2O7S2/c32-27-28(40-19-26(35)41-25-12-5-2-6-13-25)30(31(36)37)42-29(27)22-10-7-11-24(18-22)33-23-14-16-34(17-15-23)43(38,39)20-21-8-3-1-4-9-21/h1,3-4,7-11,18,23,25,33H,2,5-6,12-17,19-20H2,(H,36,37). The highest BCUT2D eigenvalue weighted by Gasteiger charge is 2.29. The van der Waals surface area contributed by atoms with Crippen molar-refractivity contribution in [3.05, 3.63) is 69.5 Å². The molecule has 43 heavy (non-hydrogen) atoms. The Kier molecular flexibility index (Phi) is 10.4. The Labute approximate surface area is 264 Å². The van der Waals surface area contributed by atoms with Crippen molar-refractivity contribution in [1.82, 2.24) is 4.31 Å². The third kappa shape index (κ3) is 8.17. The van der Waals surface area contributed by atoms with Crippen LogP contribution >= 0.6 is 27.3 Å². The second kappa shape index (κ2) is 14.2. The molecule has 9 nitrogen and oxygen atoms in total. The highest BCUT2D eigenvalue weighted by Crippen LogP contribution is 2.46. The monoisotopic (exact) mass is 690 g/mol. The molecule has 5 rings (SSSR count). The van der Waals surface area contributed by atoms with Crippen LogP contribution in [0.5, 0.6) is 5.75 Å². The minimum absolute atomic E-state index is 0.00456. The summed E-state index contributed by atoms with van der Waals surface area (Å²) >= 11 is 4.58. The molecule has 2 aromatic carbocycles. The largest absolute Gasteiger partial charge is 0.479 e. The molecule has 0 atom stereocenters. The maximum Gasteiger partial charge on any atom is 0.349 e. The van der Waals surface area contributed by atoms with E-state index in [2.05, 4.69) is 21.2 Å². The lowest BCUT2D eigenvalue weighted by Gasteiger charge is -2.32. The number of esters is 1. The first-order valence-electron chi connectivity index (χ1n) is 14.5. The van der Waals surface area contributed by atoms with Gasteiger partial charge >= 0.3 is 11.9 Å².